The predicted octanol–water partition coefficient (Wildman–Crippen LogP) is 1.42. The monoisotopic (exact) mass is 443 g/mol. The van der Waals surface area contributed by atoms with Crippen LogP contribution in [-0.2, 0) is 14.3 Å². The lowest BCUT2D eigenvalue weighted by atomic mass is 9.75. The van der Waals surface area contributed by atoms with E-state index in [1.54, 1.807) is 6.92 Å². The van der Waals surface area contributed by atoms with Crippen molar-refractivity contribution in [3.05, 3.63) is 47.2 Å². The van der Waals surface area contributed by atoms with Gasteiger partial charge in [-0.25, -0.2) is 0 Å². The topological polar surface area (TPSA) is 103 Å². The normalized spacial score (nSPS) is 23.1. The van der Waals surface area contributed by atoms with Crippen LogP contribution >= 0.6 is 0 Å². The van der Waals surface area contributed by atoms with Gasteiger partial charge in [0.25, 0.3) is 0 Å². The first kappa shape index (κ1) is 24.1. The van der Waals surface area contributed by atoms with E-state index in [9.17, 15) is 14.7 Å². The van der Waals surface area contributed by atoms with Gasteiger partial charge in [-0.2, -0.15) is 0 Å². The van der Waals surface area contributed by atoms with Crippen molar-refractivity contribution in [3.8, 4) is 0 Å². The maximum absolute atomic E-state index is 12.8. The van der Waals surface area contributed by atoms with Crippen LogP contribution in [0.1, 0.15) is 24.8 Å². The van der Waals surface area contributed by atoms with E-state index in [1.165, 1.54) is 6.21 Å². The Morgan fingerprint density at radius 1 is 1.16 bits per heavy atom. The van der Waals surface area contributed by atoms with Gasteiger partial charge in [0, 0.05) is 57.8 Å². The number of ketones is 1. The molecule has 0 bridgehead atoms. The van der Waals surface area contributed by atoms with E-state index >= 15 is 0 Å². The van der Waals surface area contributed by atoms with Gasteiger partial charge < -0.3 is 14.9 Å². The van der Waals surface area contributed by atoms with Crippen LogP contribution in [0.25, 0.3) is 0 Å². The van der Waals surface area contributed by atoms with Crippen molar-refractivity contribution in [1.29, 1.82) is 0 Å². The number of nitrogens with zero attached hydrogens (tertiary/aromatic N) is 3. The second kappa shape index (κ2) is 11.9. The number of carbonyl (C=O) groups excluding carboxylic acids is 2. The highest BCUT2D eigenvalue weighted by Gasteiger charge is 2.42. The smallest absolute Gasteiger partial charge is 0.317 e. The fourth-order valence-electron chi connectivity index (χ4n) is 4.32. The van der Waals surface area contributed by atoms with Crippen molar-refractivity contribution in [2.45, 2.75) is 19.3 Å². The number of allylic oxidation sites excluding steroid dienone is 1. The molecule has 174 valence electrons. The molecule has 1 fully saturated rings. The first-order valence-electron chi connectivity index (χ1n) is 11.3. The minimum Gasteiger partial charge on any atom is -0.511 e. The summed E-state index contributed by atoms with van der Waals surface area (Å²) in [5, 5.41) is 19.9. The molecular formula is C24H33N3O5. The summed E-state index contributed by atoms with van der Waals surface area (Å²) >= 11 is 0. The number of aliphatic hydroxyl groups excluding tert-OH is 2. The van der Waals surface area contributed by atoms with Crippen molar-refractivity contribution in [3.63, 3.8) is 0 Å². The molecule has 1 aromatic carbocycles. The summed E-state index contributed by atoms with van der Waals surface area (Å²) in [6, 6.07) is 9.29. The van der Waals surface area contributed by atoms with Crippen LogP contribution in [0.15, 0.2) is 46.7 Å². The standard InChI is InChI=1S/C24H33N3O5/c1-2-32-24(31)22-19(18-6-4-3-5-7-18)16-21(29)20(23(22)30)17-25-8-9-26-10-12-27(13-11-26)14-15-28/h3-7,17,19,22,28,30H,2,8-16H2,1H3. The van der Waals surface area contributed by atoms with Crippen LogP contribution < -0.4 is 0 Å². The van der Waals surface area contributed by atoms with Crippen LogP contribution in [0.3, 0.4) is 0 Å². The Morgan fingerprint density at radius 3 is 2.44 bits per heavy atom. The van der Waals surface area contributed by atoms with Crippen molar-refractivity contribution >= 4 is 18.0 Å². The molecule has 1 aliphatic carbocycles. The first-order chi connectivity index (χ1) is 15.5. The summed E-state index contributed by atoms with van der Waals surface area (Å²) < 4.78 is 5.20. The summed E-state index contributed by atoms with van der Waals surface area (Å²) in [7, 11) is 0. The zero-order chi connectivity index (χ0) is 22.9. The summed E-state index contributed by atoms with van der Waals surface area (Å²) in [5.41, 5.74) is 0.921. The van der Waals surface area contributed by atoms with Gasteiger partial charge in [-0.1, -0.05) is 30.3 Å². The molecule has 0 amide bonds. The lowest BCUT2D eigenvalue weighted by Gasteiger charge is -2.33. The average Bonchev–Trinajstić information content (AvgIpc) is 2.80. The maximum atomic E-state index is 12.8. The van der Waals surface area contributed by atoms with Crippen LogP contribution in [0.5, 0.6) is 0 Å². The third kappa shape index (κ3) is 6.03. The highest BCUT2D eigenvalue weighted by molar-refractivity contribution is 6.15. The van der Waals surface area contributed by atoms with E-state index in [0.29, 0.717) is 13.1 Å². The molecule has 0 saturated carbocycles. The number of carbonyl (C=O) groups is 2. The summed E-state index contributed by atoms with van der Waals surface area (Å²) in [6.45, 7) is 7.69. The molecule has 2 N–H and O–H groups in total. The zero-order valence-electron chi connectivity index (χ0n) is 18.7. The number of benzene rings is 1. The number of hydrogen-bond acceptors (Lipinski definition) is 8. The fourth-order valence-corrected chi connectivity index (χ4v) is 4.32. The Bertz CT molecular complexity index is 831. The third-order valence-electron chi connectivity index (χ3n) is 6.09. The van der Waals surface area contributed by atoms with Gasteiger partial charge in [0.2, 0.25) is 0 Å². The van der Waals surface area contributed by atoms with Gasteiger partial charge in [0.15, 0.2) is 5.78 Å². The number of Topliss-reactive ketones (excluding diaryl/α,β-unsaturated/α-hetero) is 1. The van der Waals surface area contributed by atoms with Crippen LogP contribution in [0, 0.1) is 5.92 Å². The Hall–Kier alpha value is -2.55. The lowest BCUT2D eigenvalue weighted by molar-refractivity contribution is -0.148. The van der Waals surface area contributed by atoms with E-state index < -0.39 is 17.8 Å². The highest BCUT2D eigenvalue weighted by atomic mass is 16.5. The second-order valence-corrected chi connectivity index (χ2v) is 8.12. The van der Waals surface area contributed by atoms with Crippen LogP contribution in [0.4, 0.5) is 0 Å². The quantitative estimate of drug-likeness (QED) is 0.439. The average molecular weight is 444 g/mol. The molecule has 0 radical (unpaired) electrons. The third-order valence-corrected chi connectivity index (χ3v) is 6.09. The lowest BCUT2D eigenvalue weighted by Crippen LogP contribution is -2.47. The van der Waals surface area contributed by atoms with Gasteiger partial charge in [-0.15, -0.1) is 0 Å². The SMILES string of the molecule is CCOC(=O)C1C(O)=C(C=NCCN2CCN(CCO)CC2)C(=O)CC1c1ccccc1. The summed E-state index contributed by atoms with van der Waals surface area (Å²) in [4.78, 5) is 34.3. The number of β-amino-alcohol motifs (C(OH)–C–C–N with tert-alkyl or cyclic N) is 1. The van der Waals surface area contributed by atoms with Gasteiger partial charge in [-0.05, 0) is 12.5 Å². The zero-order valence-corrected chi connectivity index (χ0v) is 18.7. The summed E-state index contributed by atoms with van der Waals surface area (Å²) in [6.07, 6.45) is 1.53. The van der Waals surface area contributed by atoms with E-state index in [0.717, 1.165) is 38.3 Å². The second-order valence-electron chi connectivity index (χ2n) is 8.12. The molecular weight excluding hydrogens is 410 g/mol. The molecule has 2 unspecified atom stereocenters. The van der Waals surface area contributed by atoms with Crippen molar-refractivity contribution in [2.75, 3.05) is 59.0 Å². The minimum absolute atomic E-state index is 0.1000. The molecule has 32 heavy (non-hydrogen) atoms. The molecule has 1 heterocycles. The van der Waals surface area contributed by atoms with E-state index in [1.807, 2.05) is 30.3 Å². The summed E-state index contributed by atoms with van der Waals surface area (Å²) in [5.74, 6) is -2.39. The van der Waals surface area contributed by atoms with Crippen molar-refractivity contribution in [1.82, 2.24) is 9.80 Å². The number of piperazine rings is 1. The van der Waals surface area contributed by atoms with Crippen molar-refractivity contribution in [2.24, 2.45) is 10.9 Å². The van der Waals surface area contributed by atoms with Gasteiger partial charge in [0.05, 0.1) is 25.3 Å². The number of aliphatic imine (C=N–C) groups is 1. The van der Waals surface area contributed by atoms with E-state index in [2.05, 4.69) is 14.8 Å². The van der Waals surface area contributed by atoms with Crippen LogP contribution in [-0.4, -0.2) is 97.0 Å². The van der Waals surface area contributed by atoms with Gasteiger partial charge >= 0.3 is 5.97 Å². The van der Waals surface area contributed by atoms with Gasteiger partial charge in [0.1, 0.15) is 11.7 Å². The molecule has 8 heteroatoms. The molecule has 1 aliphatic heterocycles. The Balaban J connectivity index is 1.67. The molecule has 0 aromatic heterocycles. The number of rotatable bonds is 9. The predicted molar refractivity (Wildman–Crippen MR) is 122 cm³/mol. The molecule has 2 atom stereocenters. The fraction of sp³-hybridized carbons (Fsp3) is 0.542. The Morgan fingerprint density at radius 2 is 1.81 bits per heavy atom. The van der Waals surface area contributed by atoms with Crippen LogP contribution in [0.2, 0.25) is 0 Å². The number of hydrogen-bond donors (Lipinski definition) is 2. The van der Waals surface area contributed by atoms with E-state index in [4.69, 9.17) is 9.84 Å². The Labute approximate surface area is 189 Å². The molecule has 1 saturated heterocycles. The first-order valence-corrected chi connectivity index (χ1v) is 11.3. The number of aliphatic hydroxyl groups is 2. The largest absolute Gasteiger partial charge is 0.511 e. The maximum Gasteiger partial charge on any atom is 0.317 e. The highest BCUT2D eigenvalue weighted by Crippen LogP contribution is 2.39. The molecule has 3 rings (SSSR count). The van der Waals surface area contributed by atoms with Crippen molar-refractivity contribution < 1.29 is 24.5 Å². The van der Waals surface area contributed by atoms with E-state index in [-0.39, 0.29) is 36.8 Å². The number of esters is 1. The molecule has 0 spiro atoms. The Kier molecular flexibility index (Phi) is 8.96. The minimum atomic E-state index is -0.920. The molecule has 1 aromatic rings. The molecule has 8 nitrogen and oxygen atoms in total. The van der Waals surface area contributed by atoms with Gasteiger partial charge in [-0.3, -0.25) is 24.4 Å². The molecule has 2 aliphatic rings. The number of ether oxygens (including phenoxy) is 1.